The van der Waals surface area contributed by atoms with Crippen LogP contribution in [0.4, 0.5) is 5.82 Å². The molecule has 3 heteroatoms. The number of unbranched alkanes of at least 4 members (excludes halogenated alkanes) is 4. The van der Waals surface area contributed by atoms with Gasteiger partial charge in [-0.25, -0.2) is 4.98 Å². The number of pyridine rings is 1. The quantitative estimate of drug-likeness (QED) is 0.508. The third-order valence-corrected chi connectivity index (χ3v) is 3.25. The van der Waals surface area contributed by atoms with Crippen molar-refractivity contribution < 1.29 is 0 Å². The second-order valence-corrected chi connectivity index (χ2v) is 5.31. The molecule has 0 unspecified atom stereocenters. The predicted octanol–water partition coefficient (Wildman–Crippen LogP) is 4.49. The van der Waals surface area contributed by atoms with Gasteiger partial charge in [0.25, 0.3) is 0 Å². The smallest absolute Gasteiger partial charge is 0.135 e. The number of hydrogen-bond donors (Lipinski definition) is 2. The van der Waals surface area contributed by atoms with Crippen molar-refractivity contribution >= 4 is 11.5 Å². The van der Waals surface area contributed by atoms with Crippen LogP contribution in [-0.2, 0) is 0 Å². The topological polar surface area (TPSA) is 48.8 Å². The summed E-state index contributed by atoms with van der Waals surface area (Å²) in [6, 6.07) is 3.88. The third-order valence-electron chi connectivity index (χ3n) is 3.25. The molecule has 1 aromatic rings. The van der Waals surface area contributed by atoms with Gasteiger partial charge in [-0.1, -0.05) is 46.5 Å². The highest BCUT2D eigenvalue weighted by molar-refractivity contribution is 6.03. The lowest BCUT2D eigenvalue weighted by Crippen LogP contribution is -2.13. The van der Waals surface area contributed by atoms with Crippen LogP contribution in [0.15, 0.2) is 18.3 Å². The highest BCUT2D eigenvalue weighted by Crippen LogP contribution is 2.16. The summed E-state index contributed by atoms with van der Waals surface area (Å²) in [4.78, 5) is 4.36. The van der Waals surface area contributed by atoms with Crippen molar-refractivity contribution in [1.29, 1.82) is 5.41 Å². The maximum absolute atomic E-state index is 8.12. The average Bonchev–Trinajstić information content (AvgIpc) is 2.42. The summed E-state index contributed by atoms with van der Waals surface area (Å²) in [5.74, 6) is 1.09. The molecule has 19 heavy (non-hydrogen) atoms. The summed E-state index contributed by atoms with van der Waals surface area (Å²) < 4.78 is 0. The van der Waals surface area contributed by atoms with E-state index < -0.39 is 0 Å². The number of nitrogens with zero attached hydrogens (tertiary/aromatic N) is 1. The number of aromatic nitrogens is 1. The molecule has 1 rings (SSSR count). The fourth-order valence-corrected chi connectivity index (χ4v) is 2.01. The van der Waals surface area contributed by atoms with Crippen molar-refractivity contribution in [3.63, 3.8) is 0 Å². The van der Waals surface area contributed by atoms with Crippen molar-refractivity contribution in [2.45, 2.75) is 52.9 Å². The van der Waals surface area contributed by atoms with E-state index in [1.165, 1.54) is 32.1 Å². The third kappa shape index (κ3) is 5.41. The van der Waals surface area contributed by atoms with Crippen LogP contribution in [0.2, 0.25) is 0 Å². The van der Waals surface area contributed by atoms with E-state index in [4.69, 9.17) is 5.41 Å². The van der Waals surface area contributed by atoms with E-state index in [0.29, 0.717) is 5.71 Å². The summed E-state index contributed by atoms with van der Waals surface area (Å²) in [5.41, 5.74) is 1.59. The molecule has 3 nitrogen and oxygen atoms in total. The molecule has 0 atom stereocenters. The Bertz CT molecular complexity index is 385. The molecule has 106 valence electrons. The SMILES string of the molecule is CCCCCCCNc1ncccc1C(=N)C(C)C. The first-order valence-electron chi connectivity index (χ1n) is 7.44. The highest BCUT2D eigenvalue weighted by Gasteiger charge is 2.11. The number of anilines is 1. The van der Waals surface area contributed by atoms with E-state index in [2.05, 4.69) is 17.2 Å². The summed E-state index contributed by atoms with van der Waals surface area (Å²) in [7, 11) is 0. The van der Waals surface area contributed by atoms with Gasteiger partial charge in [0.15, 0.2) is 0 Å². The Balaban J connectivity index is 2.47. The minimum Gasteiger partial charge on any atom is -0.370 e. The van der Waals surface area contributed by atoms with E-state index in [1.807, 2.05) is 26.0 Å². The molecule has 0 saturated heterocycles. The van der Waals surface area contributed by atoms with Gasteiger partial charge in [0.2, 0.25) is 0 Å². The van der Waals surface area contributed by atoms with E-state index in [0.717, 1.165) is 17.9 Å². The summed E-state index contributed by atoms with van der Waals surface area (Å²) >= 11 is 0. The van der Waals surface area contributed by atoms with Crippen LogP contribution in [0.5, 0.6) is 0 Å². The van der Waals surface area contributed by atoms with Crippen LogP contribution in [0.25, 0.3) is 0 Å². The lowest BCUT2D eigenvalue weighted by atomic mass is 10.0. The van der Waals surface area contributed by atoms with Gasteiger partial charge in [-0.05, 0) is 24.5 Å². The Morgan fingerprint density at radius 1 is 1.26 bits per heavy atom. The minimum absolute atomic E-state index is 0.231. The standard InChI is InChI=1S/C16H27N3/c1-4-5-6-7-8-11-18-16-14(10-9-12-19-16)15(17)13(2)3/h9-10,12-13,17H,4-8,11H2,1-3H3,(H,18,19). The van der Waals surface area contributed by atoms with Crippen LogP contribution in [0.1, 0.15) is 58.4 Å². The molecular weight excluding hydrogens is 234 g/mol. The number of rotatable bonds is 9. The van der Waals surface area contributed by atoms with Crippen LogP contribution in [0, 0.1) is 11.3 Å². The molecule has 0 amide bonds. The summed E-state index contributed by atoms with van der Waals surface area (Å²) in [6.45, 7) is 7.27. The van der Waals surface area contributed by atoms with Gasteiger partial charge in [0.1, 0.15) is 5.82 Å². The van der Waals surface area contributed by atoms with Gasteiger partial charge in [-0.2, -0.15) is 0 Å². The van der Waals surface area contributed by atoms with Crippen molar-refractivity contribution in [3.05, 3.63) is 23.9 Å². The first kappa shape index (κ1) is 15.7. The summed E-state index contributed by atoms with van der Waals surface area (Å²) in [6.07, 6.45) is 8.15. The van der Waals surface area contributed by atoms with Crippen LogP contribution >= 0.6 is 0 Å². The molecule has 2 N–H and O–H groups in total. The van der Waals surface area contributed by atoms with Gasteiger partial charge >= 0.3 is 0 Å². The van der Waals surface area contributed by atoms with Gasteiger partial charge in [-0.3, -0.25) is 0 Å². The number of nitrogens with one attached hydrogen (secondary N) is 2. The molecule has 1 aromatic heterocycles. The van der Waals surface area contributed by atoms with Gasteiger partial charge in [0, 0.05) is 24.0 Å². The Labute approximate surface area is 117 Å². The maximum Gasteiger partial charge on any atom is 0.135 e. The molecule has 0 aliphatic carbocycles. The Morgan fingerprint density at radius 2 is 2.00 bits per heavy atom. The summed E-state index contributed by atoms with van der Waals surface area (Å²) in [5, 5.41) is 11.5. The van der Waals surface area contributed by atoms with E-state index in [1.54, 1.807) is 6.20 Å². The molecule has 0 saturated carbocycles. The Kier molecular flexibility index (Phi) is 7.16. The largest absolute Gasteiger partial charge is 0.370 e. The minimum atomic E-state index is 0.231. The Hall–Kier alpha value is -1.38. The highest BCUT2D eigenvalue weighted by atomic mass is 15.0. The predicted molar refractivity (Wildman–Crippen MR) is 83.2 cm³/mol. The van der Waals surface area contributed by atoms with E-state index in [-0.39, 0.29) is 5.92 Å². The average molecular weight is 261 g/mol. The van der Waals surface area contributed by atoms with Gasteiger partial charge < -0.3 is 10.7 Å². The van der Waals surface area contributed by atoms with Crippen molar-refractivity contribution in [2.75, 3.05) is 11.9 Å². The van der Waals surface area contributed by atoms with Gasteiger partial charge in [-0.15, -0.1) is 0 Å². The van der Waals surface area contributed by atoms with E-state index in [9.17, 15) is 0 Å². The maximum atomic E-state index is 8.12. The monoisotopic (exact) mass is 261 g/mol. The molecule has 0 radical (unpaired) electrons. The van der Waals surface area contributed by atoms with Crippen molar-refractivity contribution in [1.82, 2.24) is 4.98 Å². The first-order valence-corrected chi connectivity index (χ1v) is 7.44. The van der Waals surface area contributed by atoms with E-state index >= 15 is 0 Å². The number of hydrogen-bond acceptors (Lipinski definition) is 3. The van der Waals surface area contributed by atoms with Crippen LogP contribution in [-0.4, -0.2) is 17.2 Å². The zero-order valence-corrected chi connectivity index (χ0v) is 12.5. The molecule has 0 aliphatic heterocycles. The zero-order chi connectivity index (χ0) is 14.1. The first-order chi connectivity index (χ1) is 9.16. The molecule has 0 spiro atoms. The second kappa shape index (κ2) is 8.68. The van der Waals surface area contributed by atoms with Gasteiger partial charge in [0.05, 0.1) is 0 Å². The molecular formula is C16H27N3. The van der Waals surface area contributed by atoms with Crippen molar-refractivity contribution in [2.24, 2.45) is 5.92 Å². The van der Waals surface area contributed by atoms with Crippen LogP contribution in [0.3, 0.4) is 0 Å². The molecule has 0 bridgehead atoms. The second-order valence-electron chi connectivity index (χ2n) is 5.31. The fourth-order valence-electron chi connectivity index (χ4n) is 2.01. The Morgan fingerprint density at radius 3 is 2.68 bits per heavy atom. The molecule has 0 aromatic carbocycles. The lowest BCUT2D eigenvalue weighted by molar-refractivity contribution is 0.644. The van der Waals surface area contributed by atoms with Crippen molar-refractivity contribution in [3.8, 4) is 0 Å². The normalized spacial score (nSPS) is 10.7. The fraction of sp³-hybridized carbons (Fsp3) is 0.625. The molecule has 0 aliphatic rings. The van der Waals surface area contributed by atoms with Crippen LogP contribution < -0.4 is 5.32 Å². The molecule has 1 heterocycles. The zero-order valence-electron chi connectivity index (χ0n) is 12.5. The lowest BCUT2D eigenvalue weighted by Gasteiger charge is -2.13. The molecule has 0 fully saturated rings.